The van der Waals surface area contributed by atoms with Crippen LogP contribution in [0, 0.1) is 11.8 Å². The van der Waals surface area contributed by atoms with Crippen LogP contribution in [0.15, 0.2) is 28.3 Å². The first-order valence-electron chi connectivity index (χ1n) is 5.46. The minimum Gasteiger partial charge on any atom is -0.384 e. The molecule has 2 atom stereocenters. The molecule has 16 heavy (non-hydrogen) atoms. The maximum Gasteiger partial charge on any atom is 0.123 e. The fourth-order valence-corrected chi connectivity index (χ4v) is 1.81. The van der Waals surface area contributed by atoms with E-state index in [0.717, 1.165) is 17.8 Å². The third-order valence-corrected chi connectivity index (χ3v) is 3.03. The molecule has 0 amide bonds. The summed E-state index contributed by atoms with van der Waals surface area (Å²) in [6.45, 7) is 5.19. The van der Waals surface area contributed by atoms with Crippen LogP contribution in [0.1, 0.15) is 19.4 Å². The summed E-state index contributed by atoms with van der Waals surface area (Å²) in [5.41, 5.74) is 7.77. The molecule has 1 unspecified atom stereocenters. The minimum atomic E-state index is 0.379. The number of anilines is 1. The molecule has 0 saturated heterocycles. The number of nitrogens with zero attached hydrogens (tertiary/aromatic N) is 3. The standard InChI is InChI=1S/C12H16N4/c1-8-6-14-7-16-12(9(8)2)10-3-4-15-11(13)5-10/h3-5,7-9H,6H2,1-2H3,(H2,13,15)/t8-,9?/m1/s1. The van der Waals surface area contributed by atoms with Crippen LogP contribution in [0.3, 0.4) is 0 Å². The Morgan fingerprint density at radius 2 is 2.19 bits per heavy atom. The summed E-state index contributed by atoms with van der Waals surface area (Å²) in [6.07, 6.45) is 3.36. The number of aromatic nitrogens is 1. The quantitative estimate of drug-likeness (QED) is 0.777. The van der Waals surface area contributed by atoms with E-state index in [-0.39, 0.29) is 0 Å². The van der Waals surface area contributed by atoms with Gasteiger partial charge in [0.15, 0.2) is 0 Å². The molecule has 4 nitrogen and oxygen atoms in total. The lowest BCUT2D eigenvalue weighted by Crippen LogP contribution is -2.21. The first kappa shape index (κ1) is 10.8. The fraction of sp³-hybridized carbons (Fsp3) is 0.417. The van der Waals surface area contributed by atoms with Crippen LogP contribution in [-0.4, -0.2) is 23.6 Å². The predicted octanol–water partition coefficient (Wildman–Crippen LogP) is 1.77. The smallest absolute Gasteiger partial charge is 0.123 e. The highest BCUT2D eigenvalue weighted by atomic mass is 14.9. The molecule has 0 radical (unpaired) electrons. The van der Waals surface area contributed by atoms with E-state index < -0.39 is 0 Å². The van der Waals surface area contributed by atoms with Crippen molar-refractivity contribution in [2.45, 2.75) is 13.8 Å². The summed E-state index contributed by atoms with van der Waals surface area (Å²) < 4.78 is 0. The fourth-order valence-electron chi connectivity index (χ4n) is 1.81. The molecule has 0 bridgehead atoms. The van der Waals surface area contributed by atoms with Crippen LogP contribution in [0.5, 0.6) is 0 Å². The summed E-state index contributed by atoms with van der Waals surface area (Å²) in [4.78, 5) is 12.6. The second-order valence-corrected chi connectivity index (χ2v) is 4.23. The van der Waals surface area contributed by atoms with Crippen molar-refractivity contribution in [3.63, 3.8) is 0 Å². The normalized spacial score (nSPS) is 25.0. The Bertz CT molecular complexity index is 436. The van der Waals surface area contributed by atoms with Gasteiger partial charge >= 0.3 is 0 Å². The van der Waals surface area contributed by atoms with E-state index in [9.17, 15) is 0 Å². The number of nitrogens with two attached hydrogens (primary N) is 1. The number of nitrogen functional groups attached to an aromatic ring is 1. The Labute approximate surface area is 95.3 Å². The zero-order chi connectivity index (χ0) is 11.5. The first-order valence-corrected chi connectivity index (χ1v) is 5.46. The van der Waals surface area contributed by atoms with E-state index in [0.29, 0.717) is 17.7 Å². The Hall–Kier alpha value is -1.71. The molecule has 1 aromatic rings. The topological polar surface area (TPSA) is 63.6 Å². The van der Waals surface area contributed by atoms with Gasteiger partial charge in [0.05, 0.1) is 5.71 Å². The van der Waals surface area contributed by atoms with Crippen LogP contribution >= 0.6 is 0 Å². The lowest BCUT2D eigenvalue weighted by atomic mass is 9.88. The van der Waals surface area contributed by atoms with E-state index in [1.807, 2.05) is 12.1 Å². The van der Waals surface area contributed by atoms with Crippen molar-refractivity contribution < 1.29 is 0 Å². The average molecular weight is 216 g/mol. The molecule has 1 aromatic heterocycles. The third kappa shape index (κ3) is 2.10. The van der Waals surface area contributed by atoms with Crippen molar-refractivity contribution in [1.82, 2.24) is 4.98 Å². The van der Waals surface area contributed by atoms with Gasteiger partial charge in [-0.2, -0.15) is 0 Å². The third-order valence-electron chi connectivity index (χ3n) is 3.03. The molecule has 0 aliphatic carbocycles. The van der Waals surface area contributed by atoms with E-state index in [1.54, 1.807) is 12.5 Å². The molecule has 0 aromatic carbocycles. The monoisotopic (exact) mass is 216 g/mol. The lowest BCUT2D eigenvalue weighted by Gasteiger charge is -2.18. The largest absolute Gasteiger partial charge is 0.384 e. The zero-order valence-corrected chi connectivity index (χ0v) is 9.59. The van der Waals surface area contributed by atoms with Gasteiger partial charge in [0.2, 0.25) is 0 Å². The second-order valence-electron chi connectivity index (χ2n) is 4.23. The molecule has 1 aliphatic rings. The molecule has 2 N–H and O–H groups in total. The van der Waals surface area contributed by atoms with E-state index >= 15 is 0 Å². The molecule has 2 heterocycles. The van der Waals surface area contributed by atoms with Gasteiger partial charge in [0.1, 0.15) is 12.2 Å². The highest BCUT2D eigenvalue weighted by molar-refractivity contribution is 6.06. The minimum absolute atomic E-state index is 0.379. The summed E-state index contributed by atoms with van der Waals surface area (Å²) in [7, 11) is 0. The van der Waals surface area contributed by atoms with Crippen LogP contribution in [0.25, 0.3) is 0 Å². The van der Waals surface area contributed by atoms with Gasteiger partial charge in [-0.25, -0.2) is 9.98 Å². The number of aliphatic imine (C=N–C) groups is 2. The molecule has 1 aliphatic heterocycles. The van der Waals surface area contributed by atoms with Crippen molar-refractivity contribution in [3.8, 4) is 0 Å². The number of hydrogen-bond acceptors (Lipinski definition) is 4. The Kier molecular flexibility index (Phi) is 2.99. The molecular weight excluding hydrogens is 200 g/mol. The molecule has 0 fully saturated rings. The molecule has 0 spiro atoms. The van der Waals surface area contributed by atoms with Gasteiger partial charge in [0, 0.05) is 24.2 Å². The van der Waals surface area contributed by atoms with Crippen LogP contribution < -0.4 is 5.73 Å². The van der Waals surface area contributed by atoms with Crippen LogP contribution in [0.4, 0.5) is 5.82 Å². The Balaban J connectivity index is 2.38. The van der Waals surface area contributed by atoms with Gasteiger partial charge in [0.25, 0.3) is 0 Å². The van der Waals surface area contributed by atoms with Gasteiger partial charge in [-0.15, -0.1) is 0 Å². The number of pyridine rings is 1. The van der Waals surface area contributed by atoms with E-state index in [4.69, 9.17) is 5.73 Å². The molecule has 4 heteroatoms. The first-order chi connectivity index (χ1) is 7.68. The second kappa shape index (κ2) is 4.43. The average Bonchev–Trinajstić information content (AvgIpc) is 2.42. The highest BCUT2D eigenvalue weighted by Gasteiger charge is 2.20. The summed E-state index contributed by atoms with van der Waals surface area (Å²) in [5, 5.41) is 0. The van der Waals surface area contributed by atoms with Gasteiger partial charge in [-0.05, 0) is 18.1 Å². The molecular formula is C12H16N4. The van der Waals surface area contributed by atoms with Crippen LogP contribution in [0.2, 0.25) is 0 Å². The van der Waals surface area contributed by atoms with E-state index in [1.165, 1.54) is 0 Å². The van der Waals surface area contributed by atoms with E-state index in [2.05, 4.69) is 28.8 Å². The van der Waals surface area contributed by atoms with Gasteiger partial charge < -0.3 is 5.73 Å². The summed E-state index contributed by atoms with van der Waals surface area (Å²) in [6, 6.07) is 3.80. The van der Waals surface area contributed by atoms with Gasteiger partial charge in [-0.3, -0.25) is 4.99 Å². The van der Waals surface area contributed by atoms with Crippen molar-refractivity contribution >= 4 is 17.9 Å². The maximum atomic E-state index is 5.68. The zero-order valence-electron chi connectivity index (χ0n) is 9.59. The molecule has 84 valence electrons. The molecule has 0 saturated carbocycles. The summed E-state index contributed by atoms with van der Waals surface area (Å²) in [5.74, 6) is 1.40. The van der Waals surface area contributed by atoms with Crippen molar-refractivity contribution in [2.75, 3.05) is 12.3 Å². The van der Waals surface area contributed by atoms with Crippen LogP contribution in [-0.2, 0) is 0 Å². The van der Waals surface area contributed by atoms with Crippen molar-refractivity contribution in [2.24, 2.45) is 21.8 Å². The number of rotatable bonds is 1. The SMILES string of the molecule is CC1C(c2ccnc(N)c2)=NC=NC[C@H]1C. The van der Waals surface area contributed by atoms with Crippen molar-refractivity contribution in [3.05, 3.63) is 23.9 Å². The summed E-state index contributed by atoms with van der Waals surface area (Å²) >= 11 is 0. The molecule has 2 rings (SSSR count). The van der Waals surface area contributed by atoms with Gasteiger partial charge in [-0.1, -0.05) is 13.8 Å². The Morgan fingerprint density at radius 3 is 2.94 bits per heavy atom. The maximum absolute atomic E-state index is 5.68. The highest BCUT2D eigenvalue weighted by Crippen LogP contribution is 2.20. The lowest BCUT2D eigenvalue weighted by molar-refractivity contribution is 0.501. The van der Waals surface area contributed by atoms with Crippen molar-refractivity contribution in [1.29, 1.82) is 0 Å². The Morgan fingerprint density at radius 1 is 1.38 bits per heavy atom. The number of hydrogen-bond donors (Lipinski definition) is 1. The predicted molar refractivity (Wildman–Crippen MR) is 66.9 cm³/mol.